The van der Waals surface area contributed by atoms with Gasteiger partial charge < -0.3 is 10.4 Å². The zero-order valence-electron chi connectivity index (χ0n) is 11.0. The summed E-state index contributed by atoms with van der Waals surface area (Å²) < 4.78 is 0. The molecule has 2 aromatic rings. The molecule has 1 atom stereocenters. The van der Waals surface area contributed by atoms with Crippen molar-refractivity contribution in [2.24, 2.45) is 5.92 Å². The maximum absolute atomic E-state index is 11.3. The molecule has 1 unspecified atom stereocenters. The van der Waals surface area contributed by atoms with E-state index in [0.29, 0.717) is 16.6 Å². The molecule has 1 aromatic heterocycles. The van der Waals surface area contributed by atoms with E-state index in [2.05, 4.69) is 10.3 Å². The van der Waals surface area contributed by atoms with E-state index < -0.39 is 16.9 Å². The molecule has 1 fully saturated rings. The van der Waals surface area contributed by atoms with Gasteiger partial charge in [-0.1, -0.05) is 0 Å². The number of nitro benzene ring substituents is 1. The molecule has 1 aromatic carbocycles. The van der Waals surface area contributed by atoms with Crippen molar-refractivity contribution in [1.29, 1.82) is 0 Å². The van der Waals surface area contributed by atoms with Gasteiger partial charge in [0.25, 0.3) is 5.69 Å². The van der Waals surface area contributed by atoms with Crippen molar-refractivity contribution in [3.63, 3.8) is 0 Å². The van der Waals surface area contributed by atoms with Crippen LogP contribution >= 0.6 is 0 Å². The minimum Gasteiger partial charge on any atom is -0.480 e. The van der Waals surface area contributed by atoms with E-state index in [1.54, 1.807) is 12.1 Å². The molecule has 7 nitrogen and oxygen atoms in total. The molecular formula is C14H13N3O4. The number of non-ortho nitro benzene ring substituents is 1. The van der Waals surface area contributed by atoms with E-state index in [-0.39, 0.29) is 11.6 Å². The van der Waals surface area contributed by atoms with Crippen LogP contribution in [0.5, 0.6) is 0 Å². The van der Waals surface area contributed by atoms with Crippen molar-refractivity contribution in [3.8, 4) is 0 Å². The summed E-state index contributed by atoms with van der Waals surface area (Å²) in [5.41, 5.74) is 0.885. The second-order valence-electron chi connectivity index (χ2n) is 5.09. The molecule has 3 rings (SSSR count). The van der Waals surface area contributed by atoms with Gasteiger partial charge in [0.05, 0.1) is 16.0 Å². The van der Waals surface area contributed by atoms with E-state index in [4.69, 9.17) is 0 Å². The molecule has 1 aliphatic carbocycles. The molecule has 0 aliphatic heterocycles. The number of hydrogen-bond acceptors (Lipinski definition) is 5. The average Bonchev–Trinajstić information content (AvgIpc) is 3.28. The van der Waals surface area contributed by atoms with Crippen LogP contribution in [0.1, 0.15) is 12.8 Å². The smallest absolute Gasteiger partial charge is 0.326 e. The fraction of sp³-hybridized carbons (Fsp3) is 0.286. The number of fused-ring (bicyclic) bond motifs is 1. The SMILES string of the molecule is O=C(O)C(Nc1ccc([N+](=O)[O-])c2cccnc12)C1CC1. The Hall–Kier alpha value is -2.70. The average molecular weight is 287 g/mol. The Morgan fingerprint density at radius 2 is 2.19 bits per heavy atom. The largest absolute Gasteiger partial charge is 0.480 e. The number of aromatic nitrogens is 1. The third-order valence-electron chi connectivity index (χ3n) is 3.61. The molecular weight excluding hydrogens is 274 g/mol. The quantitative estimate of drug-likeness (QED) is 0.646. The molecule has 0 radical (unpaired) electrons. The molecule has 7 heteroatoms. The molecule has 21 heavy (non-hydrogen) atoms. The van der Waals surface area contributed by atoms with Gasteiger partial charge in [0, 0.05) is 12.3 Å². The summed E-state index contributed by atoms with van der Waals surface area (Å²) >= 11 is 0. The van der Waals surface area contributed by atoms with Crippen molar-refractivity contribution < 1.29 is 14.8 Å². The van der Waals surface area contributed by atoms with Crippen LogP contribution in [0.25, 0.3) is 10.9 Å². The molecule has 0 amide bonds. The first-order valence-electron chi connectivity index (χ1n) is 6.59. The van der Waals surface area contributed by atoms with Crippen LogP contribution in [0.2, 0.25) is 0 Å². The second-order valence-corrected chi connectivity index (χ2v) is 5.09. The molecule has 2 N–H and O–H groups in total. The number of rotatable bonds is 5. The highest BCUT2D eigenvalue weighted by Gasteiger charge is 2.36. The van der Waals surface area contributed by atoms with E-state index >= 15 is 0 Å². The maximum atomic E-state index is 11.3. The number of carbonyl (C=O) groups is 1. The summed E-state index contributed by atoms with van der Waals surface area (Å²) in [5, 5.41) is 23.7. The van der Waals surface area contributed by atoms with Gasteiger partial charge in [-0.2, -0.15) is 0 Å². The zero-order chi connectivity index (χ0) is 15.0. The van der Waals surface area contributed by atoms with Gasteiger partial charge in [-0.05, 0) is 37.0 Å². The fourth-order valence-electron chi connectivity index (χ4n) is 2.41. The number of carboxylic acid groups (broad SMARTS) is 1. The predicted octanol–water partition coefficient (Wildman–Crippen LogP) is 2.42. The molecule has 0 spiro atoms. The lowest BCUT2D eigenvalue weighted by Crippen LogP contribution is -2.31. The first kappa shape index (κ1) is 13.3. The Bertz CT molecular complexity index is 727. The second kappa shape index (κ2) is 5.01. The molecule has 0 saturated heterocycles. The topological polar surface area (TPSA) is 105 Å². The lowest BCUT2D eigenvalue weighted by molar-refractivity contribution is -0.383. The Kier molecular flexibility index (Phi) is 3.17. The van der Waals surface area contributed by atoms with Crippen LogP contribution in [-0.4, -0.2) is 27.0 Å². The van der Waals surface area contributed by atoms with Gasteiger partial charge in [-0.25, -0.2) is 4.79 Å². The Morgan fingerprint density at radius 3 is 2.81 bits per heavy atom. The number of carboxylic acids is 1. The van der Waals surface area contributed by atoms with Crippen LogP contribution in [0.15, 0.2) is 30.5 Å². The summed E-state index contributed by atoms with van der Waals surface area (Å²) in [7, 11) is 0. The minimum absolute atomic E-state index is 0.0399. The van der Waals surface area contributed by atoms with E-state index in [9.17, 15) is 20.0 Å². The number of nitro groups is 1. The number of anilines is 1. The standard InChI is InChI=1S/C14H13N3O4/c18-14(19)12(8-3-4-8)16-10-5-6-11(17(20)21)9-2-1-7-15-13(9)10/h1-2,5-8,12,16H,3-4H2,(H,18,19). The number of hydrogen-bond donors (Lipinski definition) is 2. The molecule has 108 valence electrons. The highest BCUT2D eigenvalue weighted by atomic mass is 16.6. The van der Waals surface area contributed by atoms with Crippen molar-refractivity contribution >= 4 is 28.2 Å². The normalized spacial score (nSPS) is 15.6. The van der Waals surface area contributed by atoms with E-state index in [0.717, 1.165) is 12.8 Å². The minimum atomic E-state index is -0.917. The lowest BCUT2D eigenvalue weighted by atomic mass is 10.1. The van der Waals surface area contributed by atoms with Gasteiger partial charge in [-0.3, -0.25) is 15.1 Å². The van der Waals surface area contributed by atoms with Crippen LogP contribution < -0.4 is 5.32 Å². The number of benzene rings is 1. The lowest BCUT2D eigenvalue weighted by Gasteiger charge is -2.16. The highest BCUT2D eigenvalue weighted by Crippen LogP contribution is 2.36. The van der Waals surface area contributed by atoms with Crippen molar-refractivity contribution in [2.45, 2.75) is 18.9 Å². The summed E-state index contributed by atoms with van der Waals surface area (Å²) in [5.74, 6) is -0.809. The van der Waals surface area contributed by atoms with Crippen LogP contribution in [0, 0.1) is 16.0 Å². The van der Waals surface area contributed by atoms with Gasteiger partial charge in [-0.15, -0.1) is 0 Å². The van der Waals surface area contributed by atoms with Gasteiger partial charge in [0.1, 0.15) is 11.6 Å². The zero-order valence-corrected chi connectivity index (χ0v) is 11.0. The van der Waals surface area contributed by atoms with Crippen LogP contribution in [0.3, 0.4) is 0 Å². The van der Waals surface area contributed by atoms with E-state index in [1.807, 2.05) is 0 Å². The predicted molar refractivity (Wildman–Crippen MR) is 76.2 cm³/mol. The molecule has 1 heterocycles. The van der Waals surface area contributed by atoms with Crippen molar-refractivity contribution in [2.75, 3.05) is 5.32 Å². The van der Waals surface area contributed by atoms with Crippen molar-refractivity contribution in [1.82, 2.24) is 4.98 Å². The Morgan fingerprint density at radius 1 is 1.43 bits per heavy atom. The van der Waals surface area contributed by atoms with Gasteiger partial charge in [0.2, 0.25) is 0 Å². The van der Waals surface area contributed by atoms with Gasteiger partial charge >= 0.3 is 5.97 Å². The van der Waals surface area contributed by atoms with Crippen LogP contribution in [0.4, 0.5) is 11.4 Å². The third-order valence-corrected chi connectivity index (χ3v) is 3.61. The number of pyridine rings is 1. The summed E-state index contributed by atoms with van der Waals surface area (Å²) in [6, 6.07) is 5.44. The third kappa shape index (κ3) is 2.49. The fourth-order valence-corrected chi connectivity index (χ4v) is 2.41. The molecule has 1 aliphatic rings. The first-order chi connectivity index (χ1) is 10.1. The highest BCUT2D eigenvalue weighted by molar-refractivity contribution is 5.97. The van der Waals surface area contributed by atoms with Gasteiger partial charge in [0.15, 0.2) is 0 Å². The summed E-state index contributed by atoms with van der Waals surface area (Å²) in [6.45, 7) is 0. The first-order valence-corrected chi connectivity index (χ1v) is 6.59. The number of nitrogens with zero attached hydrogens (tertiary/aromatic N) is 2. The molecule has 1 saturated carbocycles. The summed E-state index contributed by atoms with van der Waals surface area (Å²) in [4.78, 5) is 26.0. The Balaban J connectivity index is 2.05. The Labute approximate surface area is 119 Å². The van der Waals surface area contributed by atoms with Crippen LogP contribution in [-0.2, 0) is 4.79 Å². The van der Waals surface area contributed by atoms with Crippen molar-refractivity contribution in [3.05, 3.63) is 40.6 Å². The number of aliphatic carboxylic acids is 1. The molecule has 0 bridgehead atoms. The van der Waals surface area contributed by atoms with E-state index in [1.165, 1.54) is 18.3 Å². The maximum Gasteiger partial charge on any atom is 0.326 e. The number of nitrogens with one attached hydrogen (secondary N) is 1. The monoisotopic (exact) mass is 287 g/mol. The summed E-state index contributed by atoms with van der Waals surface area (Å²) in [6.07, 6.45) is 3.29.